The van der Waals surface area contributed by atoms with Crippen molar-refractivity contribution < 1.29 is 19.8 Å². The summed E-state index contributed by atoms with van der Waals surface area (Å²) in [5.41, 5.74) is 3.54. The number of hydrogen-bond acceptors (Lipinski definition) is 4. The Bertz CT molecular complexity index is 927. The molecule has 2 atom stereocenters. The molecule has 1 saturated carbocycles. The quantitative estimate of drug-likeness (QED) is 0.704. The van der Waals surface area contributed by atoms with Crippen molar-refractivity contribution in [1.29, 1.82) is 0 Å². The van der Waals surface area contributed by atoms with Crippen molar-refractivity contribution in [2.24, 2.45) is 5.41 Å². The van der Waals surface area contributed by atoms with Gasteiger partial charge in [0, 0.05) is 35.9 Å². The lowest BCUT2D eigenvalue weighted by molar-refractivity contribution is -0.128. The van der Waals surface area contributed by atoms with Crippen LogP contribution in [0.15, 0.2) is 36.4 Å². The van der Waals surface area contributed by atoms with Crippen LogP contribution < -0.4 is 10.1 Å². The highest BCUT2D eigenvalue weighted by Gasteiger charge is 2.46. The minimum atomic E-state index is -0.692. The zero-order chi connectivity index (χ0) is 19.9. The molecule has 2 aromatic rings. The second-order valence-corrected chi connectivity index (χ2v) is 8.37. The largest absolute Gasteiger partial charge is 0.489 e. The maximum atomic E-state index is 12.2. The first kappa shape index (κ1) is 23.8. The fraction of sp³-hybridized carbons (Fsp3) is 0.435. The molecule has 2 heterocycles. The van der Waals surface area contributed by atoms with Gasteiger partial charge in [-0.2, -0.15) is 0 Å². The number of imide groups is 1. The number of carbonyl (C=O) groups is 2. The van der Waals surface area contributed by atoms with Crippen LogP contribution in [0.5, 0.6) is 5.75 Å². The molecule has 4 rings (SSSR count). The molecule has 7 heteroatoms. The van der Waals surface area contributed by atoms with Gasteiger partial charge in [-0.05, 0) is 43.7 Å². The Hall–Kier alpha value is -2.44. The number of ether oxygens (including phenoxy) is 1. The number of benzene rings is 1. The summed E-state index contributed by atoms with van der Waals surface area (Å²) >= 11 is 0. The van der Waals surface area contributed by atoms with Gasteiger partial charge < -0.3 is 10.2 Å². The van der Waals surface area contributed by atoms with E-state index in [9.17, 15) is 9.59 Å². The van der Waals surface area contributed by atoms with E-state index < -0.39 is 5.41 Å². The number of nitrogens with zero attached hydrogens (tertiary/aromatic N) is 1. The predicted octanol–water partition coefficient (Wildman–Crippen LogP) is 3.60. The Morgan fingerprint density at radius 2 is 1.87 bits per heavy atom. The summed E-state index contributed by atoms with van der Waals surface area (Å²) in [6.45, 7) is 6.35. The number of aryl methyl sites for hydroxylation is 1. The molecule has 2 fully saturated rings. The summed E-state index contributed by atoms with van der Waals surface area (Å²) in [5, 5.41) is 2.43. The minimum Gasteiger partial charge on any atom is -0.489 e. The van der Waals surface area contributed by atoms with E-state index in [4.69, 9.17) is 4.74 Å². The molecule has 0 unspecified atom stereocenters. The molecule has 1 aliphatic heterocycles. The van der Waals surface area contributed by atoms with Gasteiger partial charge >= 0.3 is 0 Å². The van der Waals surface area contributed by atoms with Crippen molar-refractivity contribution in [3.05, 3.63) is 58.9 Å². The summed E-state index contributed by atoms with van der Waals surface area (Å²) in [5.74, 6) is 1.04. The highest BCUT2D eigenvalue weighted by atomic mass is 35.5. The lowest BCUT2D eigenvalue weighted by Crippen LogP contribution is -2.33. The van der Waals surface area contributed by atoms with Crippen LogP contribution in [0.2, 0.25) is 0 Å². The third-order valence-electron chi connectivity index (χ3n) is 6.08. The molecule has 3 N–H and O–H groups in total. The average molecular weight is 433 g/mol. The number of halogens is 1. The summed E-state index contributed by atoms with van der Waals surface area (Å²) < 4.78 is 5.99. The molecule has 1 aliphatic carbocycles. The third-order valence-corrected chi connectivity index (χ3v) is 6.08. The molecular formula is C23H29ClN2O4. The molecular weight excluding hydrogens is 404 g/mol. The smallest absolute Gasteiger partial charge is 0.233 e. The van der Waals surface area contributed by atoms with Crippen LogP contribution >= 0.6 is 12.4 Å². The summed E-state index contributed by atoms with van der Waals surface area (Å²) in [6.07, 6.45) is 2.68. The van der Waals surface area contributed by atoms with E-state index in [1.165, 1.54) is 12.8 Å². The van der Waals surface area contributed by atoms with E-state index in [0.717, 1.165) is 28.3 Å². The van der Waals surface area contributed by atoms with Crippen LogP contribution in [0, 0.1) is 12.3 Å². The number of nitrogens with one attached hydrogen (secondary N) is 1. The van der Waals surface area contributed by atoms with Gasteiger partial charge in [0.2, 0.25) is 11.8 Å². The number of carbonyl (C=O) groups excluding carboxylic acids is 2. The Labute approximate surface area is 183 Å². The van der Waals surface area contributed by atoms with Gasteiger partial charge in [-0.3, -0.25) is 19.9 Å². The Balaban J connectivity index is 0.00000160. The topological polar surface area (TPSA) is 99.8 Å². The van der Waals surface area contributed by atoms with E-state index in [1.807, 2.05) is 51.1 Å². The van der Waals surface area contributed by atoms with Crippen molar-refractivity contribution in [2.45, 2.75) is 58.5 Å². The first-order valence-corrected chi connectivity index (χ1v) is 9.89. The second kappa shape index (κ2) is 9.14. The highest BCUT2D eigenvalue weighted by Crippen LogP contribution is 2.42. The van der Waals surface area contributed by atoms with Crippen LogP contribution in [0.25, 0.3) is 0 Å². The molecule has 2 amide bonds. The zero-order valence-electron chi connectivity index (χ0n) is 17.5. The number of aromatic nitrogens is 1. The first-order valence-electron chi connectivity index (χ1n) is 9.89. The van der Waals surface area contributed by atoms with E-state index in [-0.39, 0.29) is 42.0 Å². The van der Waals surface area contributed by atoms with Gasteiger partial charge in [0.25, 0.3) is 0 Å². The molecule has 0 radical (unpaired) electrons. The van der Waals surface area contributed by atoms with Crippen molar-refractivity contribution in [3.8, 4) is 5.75 Å². The maximum absolute atomic E-state index is 12.2. The molecule has 1 aromatic carbocycles. The van der Waals surface area contributed by atoms with E-state index in [2.05, 4.69) is 16.4 Å². The van der Waals surface area contributed by atoms with Crippen molar-refractivity contribution in [2.75, 3.05) is 0 Å². The molecule has 1 saturated heterocycles. The summed E-state index contributed by atoms with van der Waals surface area (Å²) in [6, 6.07) is 12.1. The number of rotatable bonds is 6. The van der Waals surface area contributed by atoms with Crippen LogP contribution in [-0.2, 0) is 16.2 Å². The highest BCUT2D eigenvalue weighted by molar-refractivity contribution is 6.06. The summed E-state index contributed by atoms with van der Waals surface area (Å²) in [4.78, 5) is 28.4. The predicted molar refractivity (Wildman–Crippen MR) is 117 cm³/mol. The molecule has 0 spiro atoms. The third kappa shape index (κ3) is 4.82. The fourth-order valence-corrected chi connectivity index (χ4v) is 3.85. The van der Waals surface area contributed by atoms with Gasteiger partial charge in [0.1, 0.15) is 12.4 Å². The van der Waals surface area contributed by atoms with Crippen molar-refractivity contribution in [1.82, 2.24) is 10.3 Å². The molecule has 1 aromatic heterocycles. The zero-order valence-corrected chi connectivity index (χ0v) is 18.3. The molecule has 30 heavy (non-hydrogen) atoms. The monoisotopic (exact) mass is 432 g/mol. The SMILES string of the molecule is Cc1cc(OCc2ccc([C@@H](C)[C@]3(C)CC(=O)NC3=O)cc2)cc(C2CC2)n1.Cl.O. The number of pyridine rings is 1. The van der Waals surface area contributed by atoms with Crippen LogP contribution in [0.4, 0.5) is 0 Å². The van der Waals surface area contributed by atoms with Gasteiger partial charge in [0.05, 0.1) is 5.41 Å². The lowest BCUT2D eigenvalue weighted by atomic mass is 9.73. The van der Waals surface area contributed by atoms with E-state index in [0.29, 0.717) is 12.5 Å². The molecule has 6 nitrogen and oxygen atoms in total. The van der Waals surface area contributed by atoms with E-state index >= 15 is 0 Å². The van der Waals surface area contributed by atoms with Gasteiger partial charge in [-0.15, -0.1) is 12.4 Å². The van der Waals surface area contributed by atoms with Gasteiger partial charge in [-0.1, -0.05) is 31.2 Å². The van der Waals surface area contributed by atoms with Crippen LogP contribution in [0.3, 0.4) is 0 Å². The second-order valence-electron chi connectivity index (χ2n) is 8.37. The fourth-order valence-electron chi connectivity index (χ4n) is 3.85. The minimum absolute atomic E-state index is 0. The molecule has 2 aliphatic rings. The van der Waals surface area contributed by atoms with Gasteiger partial charge in [-0.25, -0.2) is 0 Å². The summed E-state index contributed by atoms with van der Waals surface area (Å²) in [7, 11) is 0. The van der Waals surface area contributed by atoms with Crippen molar-refractivity contribution >= 4 is 24.2 Å². The van der Waals surface area contributed by atoms with Crippen LogP contribution in [-0.4, -0.2) is 22.3 Å². The standard InChI is InChI=1S/C23H26N2O3.ClH.H2O/c1-14-10-19(11-20(24-14)18-8-9-18)28-13-16-4-6-17(7-5-16)15(2)23(3)12-21(26)25-22(23)27;;/h4-7,10-11,15,18H,8-9,12-13H2,1-3H3,(H,25,26,27);1H;1H2/t15-,23+;;/m1../s1. The number of amides is 2. The Morgan fingerprint density at radius 3 is 2.43 bits per heavy atom. The van der Waals surface area contributed by atoms with Crippen molar-refractivity contribution in [3.63, 3.8) is 0 Å². The maximum Gasteiger partial charge on any atom is 0.233 e. The van der Waals surface area contributed by atoms with Crippen LogP contribution in [0.1, 0.15) is 67.5 Å². The number of hydrogen-bond donors (Lipinski definition) is 1. The Kier molecular flexibility index (Phi) is 7.27. The molecule has 162 valence electrons. The average Bonchev–Trinajstić information content (AvgIpc) is 3.47. The molecule has 0 bridgehead atoms. The lowest BCUT2D eigenvalue weighted by Gasteiger charge is -2.28. The normalized spacial score (nSPS) is 21.3. The Morgan fingerprint density at radius 1 is 1.20 bits per heavy atom. The first-order chi connectivity index (χ1) is 13.3. The van der Waals surface area contributed by atoms with E-state index in [1.54, 1.807) is 0 Å². The van der Waals surface area contributed by atoms with Gasteiger partial charge in [0.15, 0.2) is 0 Å².